The highest BCUT2D eigenvalue weighted by atomic mass is 32.1. The molecule has 1 saturated heterocycles. The lowest BCUT2D eigenvalue weighted by molar-refractivity contribution is 0.123. The van der Waals surface area contributed by atoms with Crippen LogP contribution in [0.2, 0.25) is 0 Å². The van der Waals surface area contributed by atoms with Gasteiger partial charge in [0.05, 0.1) is 6.54 Å². The second-order valence-electron chi connectivity index (χ2n) is 7.10. The van der Waals surface area contributed by atoms with Crippen LogP contribution in [0.4, 0.5) is 15.0 Å². The number of hydrogen-bond acceptors (Lipinski definition) is 6. The number of aromatic nitrogens is 3. The number of aryl methyl sites for hydroxylation is 1. The molecule has 2 aromatic heterocycles. The van der Waals surface area contributed by atoms with Gasteiger partial charge in [-0.1, -0.05) is 30.4 Å². The van der Waals surface area contributed by atoms with Crippen LogP contribution in [0.15, 0.2) is 30.5 Å². The maximum absolute atomic E-state index is 14.3. The second-order valence-corrected chi connectivity index (χ2v) is 8.28. The van der Waals surface area contributed by atoms with Crippen LogP contribution in [-0.2, 0) is 0 Å². The smallest absolute Gasteiger partial charge is 0.321 e. The molecular weight excluding hydrogens is 391 g/mol. The summed E-state index contributed by atoms with van der Waals surface area (Å²) in [5, 5.41) is 17.8. The lowest BCUT2D eigenvalue weighted by atomic mass is 10.0. The lowest BCUT2D eigenvalue weighted by Gasteiger charge is -2.34. The first-order valence-corrected chi connectivity index (χ1v) is 10.5. The predicted octanol–water partition coefficient (Wildman–Crippen LogP) is 3.62. The normalized spacial score (nSPS) is 19.5. The molecule has 2 atom stereocenters. The molecule has 1 aliphatic rings. The first-order valence-electron chi connectivity index (χ1n) is 9.67. The van der Waals surface area contributed by atoms with Gasteiger partial charge in [-0.25, -0.2) is 14.2 Å². The van der Waals surface area contributed by atoms with E-state index in [1.165, 1.54) is 16.2 Å². The molecule has 1 aliphatic heterocycles. The zero-order valence-corrected chi connectivity index (χ0v) is 17.2. The predicted molar refractivity (Wildman–Crippen MR) is 113 cm³/mol. The Morgan fingerprint density at radius 1 is 1.31 bits per heavy atom. The van der Waals surface area contributed by atoms with Crippen LogP contribution in [0.1, 0.15) is 18.4 Å². The Morgan fingerprint density at radius 3 is 2.90 bits per heavy atom. The van der Waals surface area contributed by atoms with Crippen LogP contribution in [0.5, 0.6) is 0 Å². The number of carbonyl (C=O) groups excluding carboxylic acids is 1. The summed E-state index contributed by atoms with van der Waals surface area (Å²) >= 11 is 1.53. The van der Waals surface area contributed by atoms with Crippen LogP contribution in [0.3, 0.4) is 0 Å². The van der Waals surface area contributed by atoms with E-state index in [1.807, 2.05) is 38.1 Å². The molecule has 2 N–H and O–H groups in total. The van der Waals surface area contributed by atoms with Gasteiger partial charge in [-0.3, -0.25) is 5.32 Å². The number of rotatable bonds is 4. The number of carbonyl (C=O) groups is 1. The van der Waals surface area contributed by atoms with Crippen molar-refractivity contribution in [1.82, 2.24) is 25.4 Å². The second kappa shape index (κ2) is 8.38. The van der Waals surface area contributed by atoms with E-state index in [0.29, 0.717) is 18.8 Å². The van der Waals surface area contributed by atoms with E-state index in [9.17, 15) is 9.18 Å². The van der Waals surface area contributed by atoms with E-state index < -0.39 is 6.17 Å². The van der Waals surface area contributed by atoms with E-state index in [1.54, 1.807) is 6.20 Å². The number of benzene rings is 1. The third kappa shape index (κ3) is 4.35. The zero-order chi connectivity index (χ0) is 20.4. The molecule has 152 valence electrons. The lowest BCUT2D eigenvalue weighted by Crippen LogP contribution is -2.53. The van der Waals surface area contributed by atoms with Crippen LogP contribution in [-0.4, -0.2) is 58.0 Å². The average molecular weight is 415 g/mol. The molecule has 0 spiro atoms. The highest BCUT2D eigenvalue weighted by Gasteiger charge is 2.31. The summed E-state index contributed by atoms with van der Waals surface area (Å²) in [5.74, 6) is 0.442. The number of hydrogen-bond donors (Lipinski definition) is 2. The Bertz CT molecular complexity index is 1030. The molecule has 0 aliphatic carbocycles. The largest absolute Gasteiger partial charge is 0.323 e. The topological polar surface area (TPSA) is 83.0 Å². The Labute approximate surface area is 172 Å². The summed E-state index contributed by atoms with van der Waals surface area (Å²) in [6, 6.07) is 7.27. The quantitative estimate of drug-likeness (QED) is 0.681. The molecule has 1 aromatic carbocycles. The van der Waals surface area contributed by atoms with Gasteiger partial charge in [-0.05, 0) is 37.4 Å². The van der Waals surface area contributed by atoms with Gasteiger partial charge in [-0.15, -0.1) is 10.2 Å². The van der Waals surface area contributed by atoms with E-state index in [4.69, 9.17) is 0 Å². The van der Waals surface area contributed by atoms with Gasteiger partial charge in [0.25, 0.3) is 0 Å². The fourth-order valence-corrected chi connectivity index (χ4v) is 4.21. The van der Waals surface area contributed by atoms with E-state index in [-0.39, 0.29) is 18.6 Å². The third-order valence-electron chi connectivity index (χ3n) is 5.02. The van der Waals surface area contributed by atoms with Gasteiger partial charge in [-0.2, -0.15) is 0 Å². The third-order valence-corrected chi connectivity index (χ3v) is 5.91. The number of nitrogens with zero attached hydrogens (tertiary/aromatic N) is 4. The van der Waals surface area contributed by atoms with Crippen molar-refractivity contribution in [3.63, 3.8) is 0 Å². The minimum absolute atomic E-state index is 0.0810. The molecule has 2 amide bonds. The number of nitrogens with one attached hydrogen (secondary N) is 2. The molecule has 0 unspecified atom stereocenters. The number of anilines is 1. The number of halogens is 1. The summed E-state index contributed by atoms with van der Waals surface area (Å²) in [5.41, 5.74) is 0.970. The number of fused-ring (bicyclic) bond motifs is 1. The van der Waals surface area contributed by atoms with Crippen molar-refractivity contribution < 1.29 is 9.18 Å². The van der Waals surface area contributed by atoms with Crippen LogP contribution in [0.25, 0.3) is 21.3 Å². The maximum atomic E-state index is 14.3. The Morgan fingerprint density at radius 2 is 2.17 bits per heavy atom. The molecule has 0 bridgehead atoms. The Hall–Kier alpha value is -2.65. The summed E-state index contributed by atoms with van der Waals surface area (Å²) in [4.78, 5) is 18.4. The van der Waals surface area contributed by atoms with E-state index in [0.717, 1.165) is 32.9 Å². The number of pyridine rings is 1. The molecule has 29 heavy (non-hydrogen) atoms. The van der Waals surface area contributed by atoms with Crippen molar-refractivity contribution >= 4 is 34.0 Å². The minimum atomic E-state index is -1.07. The molecule has 7 nitrogen and oxygen atoms in total. The number of likely N-dealkylation sites (tertiary alicyclic amines) is 1. The van der Waals surface area contributed by atoms with Crippen LogP contribution in [0, 0.1) is 6.92 Å². The van der Waals surface area contributed by atoms with Crippen molar-refractivity contribution in [2.45, 2.75) is 32.5 Å². The summed E-state index contributed by atoms with van der Waals surface area (Å²) in [6.07, 6.45) is 1.24. The standard InChI is InChI=1S/C20H23FN6OS/c1-3-22-17-6-7-27(11-16(17)21)20(28)24-18-9-15-8-13(4-5-14(15)10-23-18)19-26-25-12(2)29-19/h4-5,8-10,16-17,22H,3,6-7,11H2,1-2H3,(H,23,24,28)/t16-,17-/m0/s1. The molecule has 0 saturated carbocycles. The highest BCUT2D eigenvalue weighted by Crippen LogP contribution is 2.27. The van der Waals surface area contributed by atoms with Gasteiger partial charge in [0, 0.05) is 29.7 Å². The highest BCUT2D eigenvalue weighted by molar-refractivity contribution is 7.14. The molecule has 0 radical (unpaired) electrons. The zero-order valence-electron chi connectivity index (χ0n) is 16.4. The van der Waals surface area contributed by atoms with Gasteiger partial charge >= 0.3 is 6.03 Å². The maximum Gasteiger partial charge on any atom is 0.323 e. The van der Waals surface area contributed by atoms with E-state index >= 15 is 0 Å². The first-order chi connectivity index (χ1) is 14.0. The summed E-state index contributed by atoms with van der Waals surface area (Å²) < 4.78 is 14.3. The van der Waals surface area contributed by atoms with Crippen molar-refractivity contribution in [2.24, 2.45) is 0 Å². The fourth-order valence-electron chi connectivity index (χ4n) is 3.53. The van der Waals surface area contributed by atoms with Crippen molar-refractivity contribution in [1.29, 1.82) is 0 Å². The Kier molecular flexibility index (Phi) is 5.68. The Balaban J connectivity index is 1.48. The molecule has 3 heterocycles. The number of amides is 2. The van der Waals surface area contributed by atoms with Crippen molar-refractivity contribution in [3.05, 3.63) is 35.5 Å². The minimum Gasteiger partial charge on any atom is -0.321 e. The van der Waals surface area contributed by atoms with Gasteiger partial charge in [0.1, 0.15) is 22.0 Å². The molecule has 1 fully saturated rings. The van der Waals surface area contributed by atoms with Crippen LogP contribution >= 0.6 is 11.3 Å². The van der Waals surface area contributed by atoms with Crippen LogP contribution < -0.4 is 10.6 Å². The molecule has 4 rings (SSSR count). The average Bonchev–Trinajstić information content (AvgIpc) is 3.15. The summed E-state index contributed by atoms with van der Waals surface area (Å²) in [7, 11) is 0. The SMILES string of the molecule is CCN[C@H]1CCN(C(=O)Nc2cc3cc(-c4nnc(C)s4)ccc3cn2)C[C@@H]1F. The van der Waals surface area contributed by atoms with Crippen molar-refractivity contribution in [2.75, 3.05) is 25.0 Å². The summed E-state index contributed by atoms with van der Waals surface area (Å²) in [6.45, 7) is 5.18. The van der Waals surface area contributed by atoms with Crippen molar-refractivity contribution in [3.8, 4) is 10.6 Å². The number of piperidine rings is 1. The fraction of sp³-hybridized carbons (Fsp3) is 0.400. The molecular formula is C20H23FN6OS. The van der Waals surface area contributed by atoms with Gasteiger partial charge in [0.2, 0.25) is 0 Å². The van der Waals surface area contributed by atoms with Gasteiger partial charge in [0.15, 0.2) is 0 Å². The van der Waals surface area contributed by atoms with E-state index in [2.05, 4.69) is 25.8 Å². The number of urea groups is 1. The first kappa shape index (κ1) is 19.7. The van der Waals surface area contributed by atoms with Gasteiger partial charge < -0.3 is 10.2 Å². The number of alkyl halides is 1. The monoisotopic (exact) mass is 414 g/mol. The molecule has 9 heteroatoms. The molecule has 3 aromatic rings.